The monoisotopic (exact) mass is 258 g/mol. The second-order valence-electron chi connectivity index (χ2n) is 3.86. The van der Waals surface area contributed by atoms with E-state index >= 15 is 0 Å². The van der Waals surface area contributed by atoms with Crippen LogP contribution < -0.4 is 5.56 Å². The summed E-state index contributed by atoms with van der Waals surface area (Å²) in [7, 11) is 0. The van der Waals surface area contributed by atoms with Crippen LogP contribution in [0.3, 0.4) is 0 Å². The fraction of sp³-hybridized carbons (Fsp3) is 0.600. The highest BCUT2D eigenvalue weighted by Gasteiger charge is 2.28. The van der Waals surface area contributed by atoms with Gasteiger partial charge in [-0.2, -0.15) is 16.7 Å². The van der Waals surface area contributed by atoms with Crippen molar-refractivity contribution in [3.8, 4) is 5.88 Å². The summed E-state index contributed by atoms with van der Waals surface area (Å²) >= 11 is 3.68. The zero-order valence-electron chi connectivity index (χ0n) is 9.14. The predicted molar refractivity (Wildman–Crippen MR) is 68.2 cm³/mol. The topological polar surface area (TPSA) is 66.0 Å². The Hall–Kier alpha value is -0.620. The third-order valence-corrected chi connectivity index (χ3v) is 6.00. The first kappa shape index (κ1) is 11.9. The van der Waals surface area contributed by atoms with Crippen molar-refractivity contribution < 1.29 is 5.11 Å². The number of nitrogens with one attached hydrogen (secondary N) is 1. The minimum atomic E-state index is -0.292. The minimum Gasteiger partial charge on any atom is -0.493 e. The molecule has 0 radical (unpaired) electrons. The van der Waals surface area contributed by atoms with Gasteiger partial charge < -0.3 is 10.1 Å². The van der Waals surface area contributed by atoms with E-state index in [1.807, 2.05) is 11.8 Å². The third kappa shape index (κ3) is 2.55. The Kier molecular flexibility index (Phi) is 3.49. The Bertz CT molecular complexity index is 435. The molecule has 0 aromatic carbocycles. The third-order valence-electron chi connectivity index (χ3n) is 2.60. The molecule has 1 aromatic rings. The van der Waals surface area contributed by atoms with E-state index in [2.05, 4.69) is 23.8 Å². The van der Waals surface area contributed by atoms with Crippen LogP contribution in [0.15, 0.2) is 10.9 Å². The molecule has 0 amide bonds. The Balaban J connectivity index is 2.21. The van der Waals surface area contributed by atoms with Gasteiger partial charge in [-0.05, 0) is 0 Å². The molecule has 1 aromatic heterocycles. The molecule has 6 heteroatoms. The lowest BCUT2D eigenvalue weighted by atomic mass is 10.3. The van der Waals surface area contributed by atoms with Gasteiger partial charge in [0.1, 0.15) is 5.82 Å². The van der Waals surface area contributed by atoms with Crippen molar-refractivity contribution >= 4 is 23.5 Å². The highest BCUT2D eigenvalue weighted by atomic mass is 32.2. The van der Waals surface area contributed by atoms with E-state index in [-0.39, 0.29) is 16.7 Å². The van der Waals surface area contributed by atoms with Crippen LogP contribution in [0.5, 0.6) is 5.88 Å². The number of aromatic amines is 1. The number of hydrogen-bond donors (Lipinski definition) is 2. The van der Waals surface area contributed by atoms with Gasteiger partial charge in [0, 0.05) is 16.3 Å². The molecule has 88 valence electrons. The van der Waals surface area contributed by atoms with Crippen molar-refractivity contribution in [3.63, 3.8) is 0 Å². The maximum absolute atomic E-state index is 11.2. The van der Waals surface area contributed by atoms with Crippen LogP contribution in [0.25, 0.3) is 0 Å². The first-order valence-corrected chi connectivity index (χ1v) is 7.12. The molecule has 1 saturated heterocycles. The zero-order chi connectivity index (χ0) is 11.7. The quantitative estimate of drug-likeness (QED) is 0.803. The average Bonchev–Trinajstić information content (AvgIpc) is 2.20. The van der Waals surface area contributed by atoms with E-state index < -0.39 is 0 Å². The number of aromatic nitrogens is 2. The van der Waals surface area contributed by atoms with Gasteiger partial charge in [-0.15, -0.1) is 11.8 Å². The Morgan fingerprint density at radius 2 is 2.25 bits per heavy atom. The van der Waals surface area contributed by atoms with Gasteiger partial charge in [0.2, 0.25) is 5.88 Å². The van der Waals surface area contributed by atoms with Crippen molar-refractivity contribution in [1.82, 2.24) is 9.97 Å². The molecule has 4 nitrogen and oxygen atoms in total. The first-order valence-electron chi connectivity index (χ1n) is 5.13. The van der Waals surface area contributed by atoms with Crippen molar-refractivity contribution in [3.05, 3.63) is 22.2 Å². The molecule has 3 atom stereocenters. The van der Waals surface area contributed by atoms with Gasteiger partial charge in [0.25, 0.3) is 5.56 Å². The summed E-state index contributed by atoms with van der Waals surface area (Å²) in [5.74, 6) is 1.31. The summed E-state index contributed by atoms with van der Waals surface area (Å²) in [6, 6.07) is 1.09. The molecule has 1 aliphatic heterocycles. The number of aromatic hydroxyl groups is 1. The smallest absolute Gasteiger partial charge is 0.254 e. The van der Waals surface area contributed by atoms with Crippen LogP contribution in [-0.4, -0.2) is 31.3 Å². The zero-order valence-corrected chi connectivity index (χ0v) is 10.8. The molecule has 0 spiro atoms. The lowest BCUT2D eigenvalue weighted by molar-refractivity contribution is 0.447. The molecule has 2 heterocycles. The highest BCUT2D eigenvalue weighted by Crippen LogP contribution is 2.43. The van der Waals surface area contributed by atoms with E-state index in [9.17, 15) is 9.90 Å². The van der Waals surface area contributed by atoms with Gasteiger partial charge in [-0.25, -0.2) is 0 Å². The number of nitrogens with zero attached hydrogens (tertiary/aromatic N) is 1. The Morgan fingerprint density at radius 1 is 1.50 bits per heavy atom. The van der Waals surface area contributed by atoms with Crippen molar-refractivity contribution in [1.29, 1.82) is 0 Å². The molecule has 2 N–H and O–H groups in total. The number of hydrogen-bond acceptors (Lipinski definition) is 5. The second-order valence-corrected chi connectivity index (χ2v) is 6.85. The maximum Gasteiger partial charge on any atom is 0.254 e. The van der Waals surface area contributed by atoms with Crippen molar-refractivity contribution in [2.45, 2.75) is 29.6 Å². The molecular weight excluding hydrogens is 244 g/mol. The summed E-state index contributed by atoms with van der Waals surface area (Å²) in [6.07, 6.45) is 0. The molecule has 16 heavy (non-hydrogen) atoms. The second kappa shape index (κ2) is 4.71. The average molecular weight is 258 g/mol. The lowest BCUT2D eigenvalue weighted by Crippen LogP contribution is -2.24. The van der Waals surface area contributed by atoms with E-state index in [1.54, 1.807) is 11.8 Å². The number of rotatable bonds is 1. The molecule has 0 saturated carbocycles. The van der Waals surface area contributed by atoms with Gasteiger partial charge in [0.05, 0.1) is 11.3 Å². The van der Waals surface area contributed by atoms with E-state index in [1.165, 1.54) is 0 Å². The van der Waals surface area contributed by atoms with E-state index in [4.69, 9.17) is 0 Å². The van der Waals surface area contributed by atoms with Gasteiger partial charge in [0.15, 0.2) is 0 Å². The molecule has 0 aliphatic carbocycles. The summed E-state index contributed by atoms with van der Waals surface area (Å²) in [6.45, 7) is 4.38. The SMILES string of the molecule is CC1SCC(c2nc(O)cc(=O)[nH]2)SC1C. The van der Waals surface area contributed by atoms with Crippen molar-refractivity contribution in [2.75, 3.05) is 5.75 Å². The fourth-order valence-electron chi connectivity index (χ4n) is 1.54. The molecule has 0 bridgehead atoms. The Morgan fingerprint density at radius 3 is 2.88 bits per heavy atom. The molecule has 3 unspecified atom stereocenters. The van der Waals surface area contributed by atoms with Crippen LogP contribution in [-0.2, 0) is 0 Å². The standard InChI is InChI=1S/C10H14N2O2S2/c1-5-6(2)16-7(4-15-5)10-11-8(13)3-9(14)12-10/h3,5-7H,4H2,1-2H3,(H2,11,12,13,14). The summed E-state index contributed by atoms with van der Waals surface area (Å²) in [5.41, 5.74) is -0.292. The van der Waals surface area contributed by atoms with Crippen LogP contribution in [0.1, 0.15) is 24.9 Å². The molecule has 2 rings (SSSR count). The molecule has 1 aliphatic rings. The van der Waals surface area contributed by atoms with Gasteiger partial charge >= 0.3 is 0 Å². The Labute approximate surface area is 102 Å². The number of H-pyrrole nitrogens is 1. The first-order chi connectivity index (χ1) is 7.56. The molecule has 1 fully saturated rings. The predicted octanol–water partition coefficient (Wildman–Crippen LogP) is 1.77. The fourth-order valence-corrected chi connectivity index (χ4v) is 4.41. The van der Waals surface area contributed by atoms with Crippen molar-refractivity contribution in [2.24, 2.45) is 0 Å². The van der Waals surface area contributed by atoms with Gasteiger partial charge in [-0.1, -0.05) is 13.8 Å². The summed E-state index contributed by atoms with van der Waals surface area (Å²) in [4.78, 5) is 17.9. The maximum atomic E-state index is 11.2. The van der Waals surface area contributed by atoms with Crippen LogP contribution in [0, 0.1) is 0 Å². The summed E-state index contributed by atoms with van der Waals surface area (Å²) < 4.78 is 0. The normalized spacial score (nSPS) is 30.2. The minimum absolute atomic E-state index is 0.163. The van der Waals surface area contributed by atoms with Crippen LogP contribution >= 0.6 is 23.5 Å². The lowest BCUT2D eigenvalue weighted by Gasteiger charge is -2.30. The van der Waals surface area contributed by atoms with Crippen LogP contribution in [0.4, 0.5) is 0 Å². The number of thioether (sulfide) groups is 2. The van der Waals surface area contributed by atoms with Crippen LogP contribution in [0.2, 0.25) is 0 Å². The van der Waals surface area contributed by atoms with E-state index in [0.717, 1.165) is 11.8 Å². The highest BCUT2D eigenvalue weighted by molar-refractivity contribution is 8.07. The van der Waals surface area contributed by atoms with Gasteiger partial charge in [-0.3, -0.25) is 4.79 Å². The van der Waals surface area contributed by atoms with E-state index in [0.29, 0.717) is 16.3 Å². The summed E-state index contributed by atoms with van der Waals surface area (Å²) in [5, 5.41) is 10.6. The molecular formula is C10H14N2O2S2. The largest absolute Gasteiger partial charge is 0.493 e.